The molecular weight excluding hydrogens is 848 g/mol. The summed E-state index contributed by atoms with van der Waals surface area (Å²) >= 11 is 9.93. The van der Waals surface area contributed by atoms with E-state index in [1.165, 1.54) is 18.9 Å². The summed E-state index contributed by atoms with van der Waals surface area (Å²) in [6.45, 7) is 5.24. The Balaban J connectivity index is 1.38. The molecule has 2 saturated carbocycles. The molecule has 2 aromatic heterocycles. The summed E-state index contributed by atoms with van der Waals surface area (Å²) in [6, 6.07) is 8.61. The molecule has 1 amide bonds. The van der Waals surface area contributed by atoms with Gasteiger partial charge in [0.15, 0.2) is 5.82 Å². The molecule has 7 rings (SSSR count). The highest BCUT2D eigenvalue weighted by Crippen LogP contribution is 2.44. The molecule has 1 unspecified atom stereocenters. The molecule has 4 aromatic rings. The summed E-state index contributed by atoms with van der Waals surface area (Å²) in [4.78, 5) is 22.8. The first-order valence-electron chi connectivity index (χ1n) is 19.2. The van der Waals surface area contributed by atoms with Gasteiger partial charge in [0.2, 0.25) is 5.91 Å². The minimum atomic E-state index is -3.63. The number of halogens is 7. The number of amides is 1. The van der Waals surface area contributed by atoms with Crippen molar-refractivity contribution in [2.45, 2.75) is 80.9 Å². The predicted octanol–water partition coefficient (Wildman–Crippen LogP) is 9.31. The van der Waals surface area contributed by atoms with Crippen LogP contribution in [0.25, 0.3) is 22.0 Å². The second-order valence-electron chi connectivity index (χ2n) is 15.6. The number of anilines is 1. The molecule has 4 N–H and O–H groups in total. The maximum Gasteiger partial charge on any atom is 0.290 e. The van der Waals surface area contributed by atoms with Crippen LogP contribution in [0.3, 0.4) is 0 Å². The Morgan fingerprint density at radius 2 is 1.83 bits per heavy atom. The van der Waals surface area contributed by atoms with Gasteiger partial charge in [-0.25, -0.2) is 22.5 Å². The number of nitrogens with zero attached hydrogens (tertiary/aromatic N) is 4. The lowest BCUT2D eigenvalue weighted by molar-refractivity contribution is -0.120. The molecule has 3 fully saturated rings. The van der Waals surface area contributed by atoms with Crippen LogP contribution in [-0.2, 0) is 16.0 Å². The van der Waals surface area contributed by atoms with Gasteiger partial charge in [-0.3, -0.25) is 14.5 Å². The highest BCUT2D eigenvalue weighted by Gasteiger charge is 2.49. The molecule has 1 saturated heterocycles. The summed E-state index contributed by atoms with van der Waals surface area (Å²) in [6.07, 6.45) is -0.186. The van der Waals surface area contributed by atoms with Crippen molar-refractivity contribution in [3.8, 4) is 23.0 Å². The molecule has 2 aliphatic carbocycles. The van der Waals surface area contributed by atoms with Crippen LogP contribution in [-0.4, -0.2) is 74.7 Å². The molecular formula is C42H42ClF6N7O2S2. The Morgan fingerprint density at radius 1 is 1.13 bits per heavy atom. The molecule has 1 aliphatic heterocycles. The maximum atomic E-state index is 15.2. The fourth-order valence-corrected chi connectivity index (χ4v) is 9.35. The predicted molar refractivity (Wildman–Crippen MR) is 226 cm³/mol. The normalized spacial score (nSPS) is 19.9. The van der Waals surface area contributed by atoms with Gasteiger partial charge >= 0.3 is 0 Å². The van der Waals surface area contributed by atoms with Crippen LogP contribution in [0.5, 0.6) is 0 Å². The number of rotatable bonds is 13. The second-order valence-corrected chi connectivity index (χ2v) is 18.5. The third-order valence-corrected chi connectivity index (χ3v) is 12.5. The zero-order chi connectivity index (χ0) is 43.1. The monoisotopic (exact) mass is 889 g/mol. The third kappa shape index (κ3) is 9.56. The van der Waals surface area contributed by atoms with Crippen LogP contribution in [0.15, 0.2) is 58.7 Å². The molecule has 60 heavy (non-hydrogen) atoms. The summed E-state index contributed by atoms with van der Waals surface area (Å²) in [5.41, 5.74) is 5.45. The highest BCUT2D eigenvalue weighted by molar-refractivity contribution is 8.01. The van der Waals surface area contributed by atoms with Crippen LogP contribution >= 0.6 is 35.3 Å². The molecule has 3 heterocycles. The lowest BCUT2D eigenvalue weighted by Gasteiger charge is -2.28. The average molecular weight is 890 g/mol. The summed E-state index contributed by atoms with van der Waals surface area (Å²) in [7, 11) is 0. The average Bonchev–Trinajstić information content (AvgIpc) is 3.82. The first kappa shape index (κ1) is 43.7. The SMILES string of the molecule is CSNc1nn(C2COC2)c2c(-c3ccc(C#CC(C)(C)SC4CC4)nc3C(Cc3cc(F)cc(F)c3)NC(=O)CN=C3C(=C(N)C(F)F)[C@@H](C)CC3(F)F)ccc(Cl)c12. The Bertz CT molecular complexity index is 2420. The van der Waals surface area contributed by atoms with Crippen LogP contribution in [0.1, 0.15) is 69.1 Å². The maximum absolute atomic E-state index is 15.2. The van der Waals surface area contributed by atoms with Gasteiger partial charge in [0.05, 0.1) is 57.4 Å². The number of aliphatic imine (C=N–C) groups is 1. The molecule has 18 heteroatoms. The Kier molecular flexibility index (Phi) is 12.8. The van der Waals surface area contributed by atoms with Crippen molar-refractivity contribution in [3.05, 3.63) is 87.3 Å². The molecule has 0 bridgehead atoms. The van der Waals surface area contributed by atoms with Crippen molar-refractivity contribution >= 4 is 63.7 Å². The number of hydrogen-bond acceptors (Lipinski definition) is 9. The number of alkyl halides is 4. The number of nitrogens with one attached hydrogen (secondary N) is 2. The van der Waals surface area contributed by atoms with E-state index in [0.717, 1.165) is 25.0 Å². The second kappa shape index (κ2) is 17.5. The van der Waals surface area contributed by atoms with E-state index in [4.69, 9.17) is 32.2 Å². The van der Waals surface area contributed by atoms with Crippen LogP contribution < -0.4 is 15.8 Å². The molecule has 318 valence electrons. The summed E-state index contributed by atoms with van der Waals surface area (Å²) < 4.78 is 97.3. The number of ether oxygens (including phenoxy) is 1. The van der Waals surface area contributed by atoms with Gasteiger partial charge in [-0.15, -0.1) is 11.8 Å². The van der Waals surface area contributed by atoms with E-state index in [1.807, 2.05) is 24.8 Å². The zero-order valence-electron chi connectivity index (χ0n) is 33.0. The van der Waals surface area contributed by atoms with E-state index >= 15 is 8.78 Å². The van der Waals surface area contributed by atoms with Gasteiger partial charge in [-0.2, -0.15) is 13.9 Å². The first-order valence-corrected chi connectivity index (χ1v) is 21.7. The fraction of sp³-hybridized carbons (Fsp3) is 0.429. The zero-order valence-corrected chi connectivity index (χ0v) is 35.4. The topological polar surface area (TPSA) is 119 Å². The van der Waals surface area contributed by atoms with Crippen molar-refractivity contribution < 1.29 is 35.9 Å². The largest absolute Gasteiger partial charge is 0.397 e. The molecule has 3 aliphatic rings. The van der Waals surface area contributed by atoms with E-state index in [0.29, 0.717) is 63.1 Å². The van der Waals surface area contributed by atoms with Gasteiger partial charge in [0.25, 0.3) is 12.3 Å². The van der Waals surface area contributed by atoms with Gasteiger partial charge in [0, 0.05) is 40.7 Å². The fourth-order valence-electron chi connectivity index (χ4n) is 7.46. The summed E-state index contributed by atoms with van der Waals surface area (Å²) in [5, 5.41) is 9.19. The standard InChI is InChI=1S/C42H42ClF6N7O2S2/c1-21-17-42(48,49)38(33(21)35(50)39(46)47)51-18-32(57)53-31(15-22-13-23(44)16-24(45)14-22)36-28(8-5-25(52-36)11-12-41(2,3)60-27-6-7-27)29-9-10-30(43)34-37(29)56(26-19-58-20-26)54-40(34)55-59-4/h5,8-10,13-14,16,21,26-27,31,39H,6-7,15,17-20,50H2,1-4H3,(H,53,57)(H,54,55)/t21-,31?/m0/s1. The van der Waals surface area contributed by atoms with Crippen LogP contribution in [0.2, 0.25) is 5.02 Å². The van der Waals surface area contributed by atoms with Crippen molar-refractivity contribution in [1.82, 2.24) is 20.1 Å². The van der Waals surface area contributed by atoms with Gasteiger partial charge in [-0.1, -0.05) is 42.5 Å². The number of aromatic nitrogens is 3. The van der Waals surface area contributed by atoms with E-state index in [-0.39, 0.29) is 23.7 Å². The lowest BCUT2D eigenvalue weighted by Crippen LogP contribution is -2.34. The van der Waals surface area contributed by atoms with Crippen LogP contribution in [0, 0.1) is 29.4 Å². The quantitative estimate of drug-likeness (QED) is 0.0691. The van der Waals surface area contributed by atoms with Crippen molar-refractivity contribution in [2.24, 2.45) is 16.6 Å². The molecule has 2 aromatic carbocycles. The highest BCUT2D eigenvalue weighted by atomic mass is 35.5. The Hall–Kier alpha value is -4.37. The minimum Gasteiger partial charge on any atom is -0.397 e. The third-order valence-electron chi connectivity index (χ3n) is 10.3. The number of nitrogens with two attached hydrogens (primary N) is 1. The number of benzene rings is 2. The van der Waals surface area contributed by atoms with E-state index in [1.54, 1.807) is 36.0 Å². The smallest absolute Gasteiger partial charge is 0.290 e. The number of allylic oxidation sites excluding steroid dienone is 2. The van der Waals surface area contributed by atoms with Gasteiger partial charge in [-0.05, 0) is 80.8 Å². The Morgan fingerprint density at radius 3 is 2.47 bits per heavy atom. The lowest BCUT2D eigenvalue weighted by atomic mass is 9.93. The van der Waals surface area contributed by atoms with Crippen LogP contribution in [0.4, 0.5) is 32.2 Å². The van der Waals surface area contributed by atoms with E-state index in [9.17, 15) is 22.4 Å². The molecule has 0 radical (unpaired) electrons. The van der Waals surface area contributed by atoms with Gasteiger partial charge < -0.3 is 20.5 Å². The van der Waals surface area contributed by atoms with Crippen molar-refractivity contribution in [1.29, 1.82) is 0 Å². The van der Waals surface area contributed by atoms with E-state index in [2.05, 4.69) is 26.9 Å². The first-order chi connectivity index (χ1) is 28.4. The van der Waals surface area contributed by atoms with Gasteiger partial charge in [0.1, 0.15) is 29.6 Å². The number of carbonyl (C=O) groups is 1. The van der Waals surface area contributed by atoms with E-state index < -0.39 is 76.5 Å². The number of thioether (sulfide) groups is 1. The number of pyridine rings is 1. The molecule has 9 nitrogen and oxygen atoms in total. The number of hydrogen-bond donors (Lipinski definition) is 3. The number of carbonyl (C=O) groups excluding carboxylic acids is 1. The molecule has 2 atom stereocenters. The van der Waals surface area contributed by atoms with Crippen molar-refractivity contribution in [2.75, 3.05) is 30.7 Å². The summed E-state index contributed by atoms with van der Waals surface area (Å²) in [5.74, 6) is -0.310. The van der Waals surface area contributed by atoms with Crippen molar-refractivity contribution in [3.63, 3.8) is 0 Å². The number of fused-ring (bicyclic) bond motifs is 1. The molecule has 0 spiro atoms. The minimum absolute atomic E-state index is 0.144. The Labute approximate surface area is 356 Å².